The molecule has 0 nitrogen and oxygen atoms in total. The molecule has 0 radical (unpaired) electrons. The number of hydrogen-bond acceptors (Lipinski definition) is 0. The van der Waals surface area contributed by atoms with Crippen molar-refractivity contribution >= 4 is 0 Å². The van der Waals surface area contributed by atoms with Crippen LogP contribution in [0.15, 0.2) is 12.2 Å². The van der Waals surface area contributed by atoms with E-state index >= 15 is 0 Å². The molecule has 0 aromatic rings. The summed E-state index contributed by atoms with van der Waals surface area (Å²) < 4.78 is 0. The van der Waals surface area contributed by atoms with Gasteiger partial charge in [-0.25, -0.2) is 0 Å². The van der Waals surface area contributed by atoms with Gasteiger partial charge in [0.25, 0.3) is 0 Å². The van der Waals surface area contributed by atoms with Crippen LogP contribution in [0.4, 0.5) is 0 Å². The highest BCUT2D eigenvalue weighted by atomic mass is 14.5. The van der Waals surface area contributed by atoms with Crippen molar-refractivity contribution in [2.45, 2.75) is 74.7 Å². The molecule has 0 aromatic heterocycles. The fourth-order valence-electron chi connectivity index (χ4n) is 4.23. The minimum absolute atomic E-state index is 0.801. The van der Waals surface area contributed by atoms with Crippen LogP contribution in [0.25, 0.3) is 0 Å². The first-order valence-electron chi connectivity index (χ1n) is 9.46. The van der Waals surface area contributed by atoms with Gasteiger partial charge >= 0.3 is 0 Å². The van der Waals surface area contributed by atoms with Crippen LogP contribution in [0, 0.1) is 47.3 Å². The van der Waals surface area contributed by atoms with E-state index in [0.717, 1.165) is 47.3 Å². The van der Waals surface area contributed by atoms with Crippen LogP contribution in [0.3, 0.4) is 0 Å². The Morgan fingerprint density at radius 2 is 1.52 bits per heavy atom. The van der Waals surface area contributed by atoms with Gasteiger partial charge in [0.15, 0.2) is 0 Å². The lowest BCUT2D eigenvalue weighted by atomic mass is 9.71. The van der Waals surface area contributed by atoms with Crippen molar-refractivity contribution in [3.05, 3.63) is 12.2 Å². The number of allylic oxidation sites excluding steroid dienone is 2. The van der Waals surface area contributed by atoms with Crippen LogP contribution in [0.5, 0.6) is 0 Å². The van der Waals surface area contributed by atoms with E-state index in [-0.39, 0.29) is 0 Å². The molecule has 1 rings (SSSR count). The van der Waals surface area contributed by atoms with Crippen LogP contribution in [0.2, 0.25) is 0 Å². The van der Waals surface area contributed by atoms with Crippen LogP contribution in [0.1, 0.15) is 74.7 Å². The Labute approximate surface area is 134 Å². The van der Waals surface area contributed by atoms with Gasteiger partial charge < -0.3 is 0 Å². The molecule has 1 aliphatic rings. The number of rotatable bonds is 9. The van der Waals surface area contributed by atoms with E-state index in [4.69, 9.17) is 0 Å². The predicted octanol–water partition coefficient (Wildman–Crippen LogP) is 6.82. The average molecular weight is 293 g/mol. The Balaban J connectivity index is 2.51. The first kappa shape index (κ1) is 18.8. The smallest absolute Gasteiger partial charge is 0.0322 e. The molecule has 0 heteroatoms. The quantitative estimate of drug-likeness (QED) is 0.409. The molecule has 124 valence electrons. The van der Waals surface area contributed by atoms with Crippen molar-refractivity contribution < 1.29 is 0 Å². The Morgan fingerprint density at radius 3 is 2.05 bits per heavy atom. The fourth-order valence-corrected chi connectivity index (χ4v) is 4.23. The number of hydrogen-bond donors (Lipinski definition) is 0. The largest absolute Gasteiger partial charge is 0.0917 e. The topological polar surface area (TPSA) is 0 Å². The van der Waals surface area contributed by atoms with Gasteiger partial charge in [0.2, 0.25) is 0 Å². The normalized spacial score (nSPS) is 30.7. The summed E-state index contributed by atoms with van der Waals surface area (Å²) in [6.45, 7) is 19.4. The molecular formula is C21H40. The lowest BCUT2D eigenvalue weighted by molar-refractivity contribution is 0.152. The molecule has 0 bridgehead atoms. The van der Waals surface area contributed by atoms with Crippen molar-refractivity contribution in [1.82, 2.24) is 0 Å². The average Bonchev–Trinajstić information content (AvgIpc) is 3.29. The first-order valence-corrected chi connectivity index (χ1v) is 9.46. The lowest BCUT2D eigenvalue weighted by Crippen LogP contribution is -2.27. The SMILES string of the molecule is CC=CCC(C)C(C)C(C)C(C)C(C)C1CC1C(C)CC. The first-order chi connectivity index (χ1) is 9.84. The zero-order valence-electron chi connectivity index (χ0n) is 15.9. The van der Waals surface area contributed by atoms with Crippen molar-refractivity contribution in [1.29, 1.82) is 0 Å². The fraction of sp³-hybridized carbons (Fsp3) is 0.905. The zero-order valence-corrected chi connectivity index (χ0v) is 15.9. The monoisotopic (exact) mass is 292 g/mol. The van der Waals surface area contributed by atoms with Crippen LogP contribution >= 0.6 is 0 Å². The van der Waals surface area contributed by atoms with Gasteiger partial charge in [-0.2, -0.15) is 0 Å². The lowest BCUT2D eigenvalue weighted by Gasteiger charge is -2.34. The molecule has 1 saturated carbocycles. The van der Waals surface area contributed by atoms with Crippen LogP contribution < -0.4 is 0 Å². The van der Waals surface area contributed by atoms with Gasteiger partial charge in [0, 0.05) is 0 Å². The Morgan fingerprint density at radius 1 is 0.905 bits per heavy atom. The molecule has 21 heavy (non-hydrogen) atoms. The second kappa shape index (κ2) is 8.39. The second-order valence-corrected chi connectivity index (χ2v) is 8.17. The summed E-state index contributed by atoms with van der Waals surface area (Å²) >= 11 is 0. The van der Waals surface area contributed by atoms with Crippen molar-refractivity contribution in [3.63, 3.8) is 0 Å². The van der Waals surface area contributed by atoms with E-state index in [1.54, 1.807) is 0 Å². The van der Waals surface area contributed by atoms with Gasteiger partial charge in [0.05, 0.1) is 0 Å². The van der Waals surface area contributed by atoms with Gasteiger partial charge in [-0.15, -0.1) is 0 Å². The van der Waals surface area contributed by atoms with Crippen molar-refractivity contribution in [3.8, 4) is 0 Å². The minimum atomic E-state index is 0.801. The van der Waals surface area contributed by atoms with Gasteiger partial charge in [-0.1, -0.05) is 67.0 Å². The zero-order chi connectivity index (χ0) is 16.2. The molecule has 0 N–H and O–H groups in total. The molecule has 0 saturated heterocycles. The van der Waals surface area contributed by atoms with Gasteiger partial charge in [0.1, 0.15) is 0 Å². The van der Waals surface area contributed by atoms with Crippen molar-refractivity contribution in [2.75, 3.05) is 0 Å². The van der Waals surface area contributed by atoms with Crippen LogP contribution in [-0.4, -0.2) is 0 Å². The molecule has 0 aliphatic heterocycles. The Kier molecular flexibility index (Phi) is 7.51. The summed E-state index contributed by atoms with van der Waals surface area (Å²) in [5.41, 5.74) is 0. The molecule has 1 fully saturated rings. The summed E-state index contributed by atoms with van der Waals surface area (Å²) in [6.07, 6.45) is 8.62. The molecule has 0 amide bonds. The third kappa shape index (κ3) is 4.86. The van der Waals surface area contributed by atoms with E-state index < -0.39 is 0 Å². The Bertz CT molecular complexity index is 316. The maximum Gasteiger partial charge on any atom is -0.0322 e. The molecule has 8 atom stereocenters. The highest BCUT2D eigenvalue weighted by Gasteiger charge is 2.45. The standard InChI is InChI=1S/C21H40/c1-9-11-12-15(4)16(5)17(6)18(7)19(8)21-13-20(21)14(3)10-2/h9,11,14-21H,10,12-13H2,1-8H3. The molecule has 0 heterocycles. The summed E-state index contributed by atoms with van der Waals surface area (Å²) in [7, 11) is 0. The molecule has 8 unspecified atom stereocenters. The highest BCUT2D eigenvalue weighted by molar-refractivity contribution is 4.95. The van der Waals surface area contributed by atoms with Gasteiger partial charge in [-0.05, 0) is 67.1 Å². The van der Waals surface area contributed by atoms with E-state index in [0.29, 0.717) is 0 Å². The summed E-state index contributed by atoms with van der Waals surface area (Å²) in [5.74, 6) is 7.17. The summed E-state index contributed by atoms with van der Waals surface area (Å²) in [6, 6.07) is 0. The molecular weight excluding hydrogens is 252 g/mol. The van der Waals surface area contributed by atoms with E-state index in [1.165, 1.54) is 19.3 Å². The highest BCUT2D eigenvalue weighted by Crippen LogP contribution is 2.53. The molecule has 1 aliphatic carbocycles. The summed E-state index contributed by atoms with van der Waals surface area (Å²) in [4.78, 5) is 0. The molecule has 0 aromatic carbocycles. The third-order valence-corrected chi connectivity index (χ3v) is 7.07. The van der Waals surface area contributed by atoms with E-state index in [9.17, 15) is 0 Å². The second-order valence-electron chi connectivity index (χ2n) is 8.17. The minimum Gasteiger partial charge on any atom is -0.0917 e. The van der Waals surface area contributed by atoms with Gasteiger partial charge in [-0.3, -0.25) is 0 Å². The van der Waals surface area contributed by atoms with Crippen LogP contribution in [-0.2, 0) is 0 Å². The van der Waals surface area contributed by atoms with E-state index in [2.05, 4.69) is 67.5 Å². The third-order valence-electron chi connectivity index (χ3n) is 7.07. The maximum atomic E-state index is 2.53. The van der Waals surface area contributed by atoms with E-state index in [1.807, 2.05) is 0 Å². The Hall–Kier alpha value is -0.260. The summed E-state index contributed by atoms with van der Waals surface area (Å²) in [5, 5.41) is 0. The maximum absolute atomic E-state index is 2.53. The molecule has 0 spiro atoms. The predicted molar refractivity (Wildman–Crippen MR) is 96.3 cm³/mol. The van der Waals surface area contributed by atoms with Crippen molar-refractivity contribution in [2.24, 2.45) is 47.3 Å².